The number of hydrogen-bond donors (Lipinski definition) is 1. The number of aryl methyl sites for hydroxylation is 1. The molecule has 0 aliphatic carbocycles. The summed E-state index contributed by atoms with van der Waals surface area (Å²) >= 11 is 0. The maximum atomic E-state index is 9.71. The highest BCUT2D eigenvalue weighted by Gasteiger charge is 2.28. The third kappa shape index (κ3) is 4.92. The van der Waals surface area contributed by atoms with Crippen LogP contribution < -0.4 is 4.74 Å². The Morgan fingerprint density at radius 1 is 1.03 bits per heavy atom. The summed E-state index contributed by atoms with van der Waals surface area (Å²) in [5.41, 5.74) is 3.49. The second-order valence-electron chi connectivity index (χ2n) is 8.17. The molecule has 6 heteroatoms. The number of piperazine rings is 1. The molecular weight excluding hydrogens is 388 g/mol. The first kappa shape index (κ1) is 21.8. The van der Waals surface area contributed by atoms with Gasteiger partial charge in [0.05, 0.1) is 24.2 Å². The van der Waals surface area contributed by atoms with Gasteiger partial charge in [0.2, 0.25) is 0 Å². The van der Waals surface area contributed by atoms with Crippen LogP contribution in [0, 0.1) is 0 Å². The minimum atomic E-state index is 0.204. The molecule has 0 unspecified atom stereocenters. The van der Waals surface area contributed by atoms with Crippen LogP contribution in [0.15, 0.2) is 48.5 Å². The number of fused-ring (bicyclic) bond motifs is 1. The van der Waals surface area contributed by atoms with E-state index in [1.807, 2.05) is 19.1 Å². The van der Waals surface area contributed by atoms with Crippen molar-refractivity contribution in [1.82, 2.24) is 19.4 Å². The van der Waals surface area contributed by atoms with Crippen LogP contribution in [0.4, 0.5) is 0 Å². The molecule has 6 nitrogen and oxygen atoms in total. The van der Waals surface area contributed by atoms with E-state index in [4.69, 9.17) is 9.72 Å². The molecule has 166 valence electrons. The van der Waals surface area contributed by atoms with E-state index in [-0.39, 0.29) is 6.61 Å². The summed E-state index contributed by atoms with van der Waals surface area (Å²) < 4.78 is 8.15. The molecule has 2 heterocycles. The molecule has 1 atom stereocenters. The Hall–Kier alpha value is -2.41. The van der Waals surface area contributed by atoms with Gasteiger partial charge in [-0.2, -0.15) is 0 Å². The molecule has 0 spiro atoms. The molecule has 1 fully saturated rings. The summed E-state index contributed by atoms with van der Waals surface area (Å²) in [5.74, 6) is 2.09. The normalized spacial score (nSPS) is 18.0. The molecule has 0 amide bonds. The number of aromatic nitrogens is 2. The van der Waals surface area contributed by atoms with Crippen molar-refractivity contribution < 1.29 is 9.84 Å². The minimum absolute atomic E-state index is 0.204. The Morgan fingerprint density at radius 3 is 2.65 bits per heavy atom. The molecule has 1 aromatic heterocycles. The van der Waals surface area contributed by atoms with E-state index in [0.717, 1.165) is 62.8 Å². The first-order valence-electron chi connectivity index (χ1n) is 11.5. The van der Waals surface area contributed by atoms with Crippen LogP contribution in [0.25, 0.3) is 11.0 Å². The lowest BCUT2D eigenvalue weighted by Gasteiger charge is -2.41. The SMILES string of the molecule is CCOc1ccccc1CN1CCN(Cc2nc3ccccc3n2CC)C[C@@H]1CCO. The zero-order valence-electron chi connectivity index (χ0n) is 18.7. The summed E-state index contributed by atoms with van der Waals surface area (Å²) in [4.78, 5) is 9.89. The number of ether oxygens (including phenoxy) is 1. The summed E-state index contributed by atoms with van der Waals surface area (Å²) in [6.45, 7) is 10.6. The molecule has 1 aliphatic rings. The monoisotopic (exact) mass is 422 g/mol. The van der Waals surface area contributed by atoms with Crippen molar-refractivity contribution in [2.45, 2.75) is 45.9 Å². The van der Waals surface area contributed by atoms with Crippen LogP contribution in [0.2, 0.25) is 0 Å². The third-order valence-electron chi connectivity index (χ3n) is 6.21. The summed E-state index contributed by atoms with van der Waals surface area (Å²) in [5, 5.41) is 9.71. The van der Waals surface area contributed by atoms with Gasteiger partial charge >= 0.3 is 0 Å². The zero-order valence-corrected chi connectivity index (χ0v) is 18.7. The Labute approximate surface area is 185 Å². The van der Waals surface area contributed by atoms with Gasteiger partial charge in [-0.3, -0.25) is 9.80 Å². The first-order chi connectivity index (χ1) is 15.2. The Bertz CT molecular complexity index is 987. The Morgan fingerprint density at radius 2 is 1.84 bits per heavy atom. The molecule has 1 N–H and O–H groups in total. The molecule has 2 aromatic carbocycles. The summed E-state index contributed by atoms with van der Waals surface area (Å²) in [7, 11) is 0. The fourth-order valence-corrected chi connectivity index (χ4v) is 4.68. The highest BCUT2D eigenvalue weighted by molar-refractivity contribution is 5.75. The van der Waals surface area contributed by atoms with Crippen LogP contribution >= 0.6 is 0 Å². The number of benzene rings is 2. The maximum Gasteiger partial charge on any atom is 0.124 e. The Balaban J connectivity index is 1.47. The molecule has 0 saturated carbocycles. The number of rotatable bonds is 9. The topological polar surface area (TPSA) is 53.8 Å². The minimum Gasteiger partial charge on any atom is -0.494 e. The van der Waals surface area contributed by atoms with E-state index in [9.17, 15) is 5.11 Å². The number of imidazole rings is 1. The van der Waals surface area contributed by atoms with E-state index in [2.05, 4.69) is 57.7 Å². The van der Waals surface area contributed by atoms with Gasteiger partial charge in [0.25, 0.3) is 0 Å². The number of para-hydroxylation sites is 3. The van der Waals surface area contributed by atoms with Gasteiger partial charge in [-0.05, 0) is 38.5 Å². The number of hydrogen-bond acceptors (Lipinski definition) is 5. The molecular formula is C25H34N4O2. The average molecular weight is 423 g/mol. The van der Waals surface area contributed by atoms with Crippen molar-refractivity contribution in [2.75, 3.05) is 32.8 Å². The first-order valence-corrected chi connectivity index (χ1v) is 11.5. The highest BCUT2D eigenvalue weighted by atomic mass is 16.5. The van der Waals surface area contributed by atoms with E-state index in [1.165, 1.54) is 11.1 Å². The predicted molar refractivity (Wildman–Crippen MR) is 124 cm³/mol. The van der Waals surface area contributed by atoms with Gasteiger partial charge in [-0.1, -0.05) is 30.3 Å². The Kier molecular flexibility index (Phi) is 7.22. The van der Waals surface area contributed by atoms with Crippen LogP contribution in [-0.2, 0) is 19.6 Å². The van der Waals surface area contributed by atoms with E-state index in [1.54, 1.807) is 0 Å². The van der Waals surface area contributed by atoms with Crippen LogP contribution in [0.1, 0.15) is 31.7 Å². The van der Waals surface area contributed by atoms with Gasteiger partial charge in [-0.15, -0.1) is 0 Å². The van der Waals surface area contributed by atoms with Crippen molar-refractivity contribution in [3.05, 3.63) is 59.9 Å². The van der Waals surface area contributed by atoms with Crippen LogP contribution in [0.5, 0.6) is 5.75 Å². The smallest absolute Gasteiger partial charge is 0.124 e. The lowest BCUT2D eigenvalue weighted by Crippen LogP contribution is -2.52. The van der Waals surface area contributed by atoms with Crippen LogP contribution in [0.3, 0.4) is 0 Å². The van der Waals surface area contributed by atoms with Crippen molar-refractivity contribution in [3.63, 3.8) is 0 Å². The van der Waals surface area contributed by atoms with Gasteiger partial charge < -0.3 is 14.4 Å². The van der Waals surface area contributed by atoms with Gasteiger partial charge in [-0.25, -0.2) is 4.98 Å². The van der Waals surface area contributed by atoms with Crippen molar-refractivity contribution >= 4 is 11.0 Å². The highest BCUT2D eigenvalue weighted by Crippen LogP contribution is 2.24. The van der Waals surface area contributed by atoms with Crippen molar-refractivity contribution in [1.29, 1.82) is 0 Å². The standard InChI is InChI=1S/C25H34N4O2/c1-3-29-23-11-7-6-10-22(23)26-25(29)19-27-14-15-28(21(18-27)13-16-30)17-20-9-5-8-12-24(20)31-4-2/h5-12,21,30H,3-4,13-19H2,1-2H3/t21-/m0/s1. The van der Waals surface area contributed by atoms with Gasteiger partial charge in [0, 0.05) is 50.9 Å². The number of nitrogens with zero attached hydrogens (tertiary/aromatic N) is 4. The predicted octanol–water partition coefficient (Wildman–Crippen LogP) is 3.52. The fourth-order valence-electron chi connectivity index (χ4n) is 4.68. The molecule has 1 saturated heterocycles. The van der Waals surface area contributed by atoms with Crippen molar-refractivity contribution in [3.8, 4) is 5.75 Å². The van der Waals surface area contributed by atoms with E-state index >= 15 is 0 Å². The molecule has 4 rings (SSSR count). The largest absolute Gasteiger partial charge is 0.494 e. The molecule has 1 aliphatic heterocycles. The number of aliphatic hydroxyl groups excluding tert-OH is 1. The second-order valence-corrected chi connectivity index (χ2v) is 8.17. The van der Waals surface area contributed by atoms with E-state index in [0.29, 0.717) is 12.6 Å². The third-order valence-corrected chi connectivity index (χ3v) is 6.21. The fraction of sp³-hybridized carbons (Fsp3) is 0.480. The molecule has 3 aromatic rings. The van der Waals surface area contributed by atoms with Gasteiger partial charge in [0.15, 0.2) is 0 Å². The summed E-state index contributed by atoms with van der Waals surface area (Å²) in [6, 6.07) is 17.0. The van der Waals surface area contributed by atoms with Gasteiger partial charge in [0.1, 0.15) is 11.6 Å². The van der Waals surface area contributed by atoms with E-state index < -0.39 is 0 Å². The molecule has 31 heavy (non-hydrogen) atoms. The lowest BCUT2D eigenvalue weighted by atomic mass is 10.1. The molecule has 0 bridgehead atoms. The number of aliphatic hydroxyl groups is 1. The van der Waals surface area contributed by atoms with Crippen LogP contribution in [-0.4, -0.2) is 63.3 Å². The van der Waals surface area contributed by atoms with Crippen molar-refractivity contribution in [2.24, 2.45) is 0 Å². The summed E-state index contributed by atoms with van der Waals surface area (Å²) in [6.07, 6.45) is 0.775. The quantitative estimate of drug-likeness (QED) is 0.572. The maximum absolute atomic E-state index is 9.71. The molecule has 0 radical (unpaired) electrons. The average Bonchev–Trinajstić information content (AvgIpc) is 3.14. The second kappa shape index (κ2) is 10.3. The zero-order chi connectivity index (χ0) is 21.6. The lowest BCUT2D eigenvalue weighted by molar-refractivity contribution is 0.0478.